The molecule has 104 valence electrons. The molecule has 1 aromatic carbocycles. The van der Waals surface area contributed by atoms with Crippen molar-refractivity contribution in [2.75, 3.05) is 6.54 Å². The maximum atomic E-state index is 11.0. The Bertz CT molecular complexity index is 692. The van der Waals surface area contributed by atoms with Gasteiger partial charge in [0.15, 0.2) is 0 Å². The summed E-state index contributed by atoms with van der Waals surface area (Å²) < 4.78 is 2.29. The van der Waals surface area contributed by atoms with Crippen molar-refractivity contribution in [2.45, 2.75) is 31.8 Å². The largest absolute Gasteiger partial charge is 0.481 e. The van der Waals surface area contributed by atoms with Gasteiger partial charge < -0.3 is 15.0 Å². The molecule has 0 aliphatic carbocycles. The summed E-state index contributed by atoms with van der Waals surface area (Å²) >= 11 is 0. The van der Waals surface area contributed by atoms with Crippen molar-refractivity contribution in [3.8, 4) is 0 Å². The monoisotopic (exact) mass is 271 g/mol. The number of carboxylic acids is 1. The summed E-state index contributed by atoms with van der Waals surface area (Å²) in [6.07, 6.45) is 2.90. The first kappa shape index (κ1) is 11.9. The van der Waals surface area contributed by atoms with Gasteiger partial charge in [0.2, 0.25) is 0 Å². The van der Waals surface area contributed by atoms with Crippen LogP contribution in [0.25, 0.3) is 11.0 Å². The van der Waals surface area contributed by atoms with Crippen molar-refractivity contribution < 1.29 is 9.90 Å². The molecule has 1 aromatic heterocycles. The van der Waals surface area contributed by atoms with Crippen molar-refractivity contribution in [3.63, 3.8) is 0 Å². The van der Waals surface area contributed by atoms with E-state index in [1.165, 1.54) is 23.3 Å². The zero-order valence-electron chi connectivity index (χ0n) is 11.2. The fourth-order valence-corrected chi connectivity index (χ4v) is 3.42. The third-order valence-electron chi connectivity index (χ3n) is 4.52. The van der Waals surface area contributed by atoms with Gasteiger partial charge in [0, 0.05) is 25.6 Å². The van der Waals surface area contributed by atoms with E-state index in [1.54, 1.807) is 0 Å². The molecular formula is C15H17N3O2. The van der Waals surface area contributed by atoms with E-state index in [0.717, 1.165) is 18.5 Å². The van der Waals surface area contributed by atoms with Crippen LogP contribution in [0.1, 0.15) is 30.3 Å². The average Bonchev–Trinajstić information content (AvgIpc) is 3.13. The first-order chi connectivity index (χ1) is 9.72. The van der Waals surface area contributed by atoms with Gasteiger partial charge in [-0.1, -0.05) is 6.07 Å². The van der Waals surface area contributed by atoms with E-state index in [9.17, 15) is 4.79 Å². The molecule has 0 amide bonds. The Balaban J connectivity index is 1.69. The number of benzene rings is 1. The first-order valence-corrected chi connectivity index (χ1v) is 7.17. The summed E-state index contributed by atoms with van der Waals surface area (Å²) in [7, 11) is 0. The minimum atomic E-state index is -0.702. The number of carboxylic acid groups (broad SMARTS) is 1. The number of aryl methyl sites for hydroxylation is 2. The number of hydrogen-bond acceptors (Lipinski definition) is 3. The van der Waals surface area contributed by atoms with Gasteiger partial charge in [-0.05, 0) is 30.5 Å². The number of nitrogens with one attached hydrogen (secondary N) is 1. The SMILES string of the molecule is O=C(O)C1CNC(c2ccc3nc4n(c3c2)CCC4)C1. The Morgan fingerprint density at radius 3 is 3.15 bits per heavy atom. The minimum absolute atomic E-state index is 0.146. The topological polar surface area (TPSA) is 67.2 Å². The van der Waals surface area contributed by atoms with Crippen LogP contribution < -0.4 is 5.32 Å². The molecular weight excluding hydrogens is 254 g/mol. The molecule has 5 nitrogen and oxygen atoms in total. The van der Waals surface area contributed by atoms with Gasteiger partial charge in [-0.2, -0.15) is 0 Å². The molecule has 3 heterocycles. The Morgan fingerprint density at radius 2 is 2.35 bits per heavy atom. The molecule has 5 heteroatoms. The zero-order chi connectivity index (χ0) is 13.7. The Kier molecular flexibility index (Phi) is 2.57. The van der Waals surface area contributed by atoms with Crippen LogP contribution in [0.2, 0.25) is 0 Å². The lowest BCUT2D eigenvalue weighted by atomic mass is 10.00. The van der Waals surface area contributed by atoms with Crippen LogP contribution in [0.3, 0.4) is 0 Å². The molecule has 1 saturated heterocycles. The lowest BCUT2D eigenvalue weighted by molar-refractivity contribution is -0.141. The summed E-state index contributed by atoms with van der Waals surface area (Å²) in [6, 6.07) is 6.46. The third-order valence-corrected chi connectivity index (χ3v) is 4.52. The zero-order valence-corrected chi connectivity index (χ0v) is 11.2. The van der Waals surface area contributed by atoms with E-state index in [1.807, 2.05) is 0 Å². The number of aromatic nitrogens is 2. The van der Waals surface area contributed by atoms with Crippen molar-refractivity contribution in [1.29, 1.82) is 0 Å². The molecule has 4 rings (SSSR count). The van der Waals surface area contributed by atoms with Crippen LogP contribution in [-0.2, 0) is 17.8 Å². The van der Waals surface area contributed by atoms with E-state index in [2.05, 4.69) is 33.1 Å². The number of nitrogens with zero attached hydrogens (tertiary/aromatic N) is 2. The summed E-state index contributed by atoms with van der Waals surface area (Å²) in [5, 5.41) is 12.4. The van der Waals surface area contributed by atoms with Crippen molar-refractivity contribution >= 4 is 17.0 Å². The lowest BCUT2D eigenvalue weighted by Crippen LogP contribution is -2.17. The van der Waals surface area contributed by atoms with Crippen molar-refractivity contribution in [3.05, 3.63) is 29.6 Å². The van der Waals surface area contributed by atoms with E-state index in [0.29, 0.717) is 13.0 Å². The first-order valence-electron chi connectivity index (χ1n) is 7.17. The second kappa shape index (κ2) is 4.31. The smallest absolute Gasteiger partial charge is 0.307 e. The molecule has 0 bridgehead atoms. The molecule has 0 saturated carbocycles. The van der Waals surface area contributed by atoms with Gasteiger partial charge in [0.25, 0.3) is 0 Å². The number of fused-ring (bicyclic) bond motifs is 3. The highest BCUT2D eigenvalue weighted by Gasteiger charge is 2.30. The molecule has 20 heavy (non-hydrogen) atoms. The lowest BCUT2D eigenvalue weighted by Gasteiger charge is -2.11. The van der Waals surface area contributed by atoms with Crippen molar-refractivity contribution in [2.24, 2.45) is 5.92 Å². The molecule has 2 aromatic rings. The maximum Gasteiger partial charge on any atom is 0.307 e. The molecule has 2 unspecified atom stereocenters. The molecule has 2 N–H and O–H groups in total. The summed E-state index contributed by atoms with van der Waals surface area (Å²) in [6.45, 7) is 1.60. The van der Waals surface area contributed by atoms with Crippen LogP contribution >= 0.6 is 0 Å². The third kappa shape index (κ3) is 1.73. The van der Waals surface area contributed by atoms with Gasteiger partial charge >= 0.3 is 5.97 Å². The Hall–Kier alpha value is -1.88. The highest BCUT2D eigenvalue weighted by atomic mass is 16.4. The standard InChI is InChI=1S/C15H17N3O2/c19-15(20)10-6-12(16-8-10)9-3-4-11-13(7-9)18-5-1-2-14(18)17-11/h3-4,7,10,12,16H,1-2,5-6,8H2,(H,19,20). The highest BCUT2D eigenvalue weighted by Crippen LogP contribution is 2.30. The average molecular weight is 271 g/mol. The van der Waals surface area contributed by atoms with Crippen molar-refractivity contribution in [1.82, 2.24) is 14.9 Å². The second-order valence-corrected chi connectivity index (χ2v) is 5.76. The van der Waals surface area contributed by atoms with E-state index in [4.69, 9.17) is 5.11 Å². The number of aliphatic carboxylic acids is 1. The van der Waals surface area contributed by atoms with Crippen LogP contribution in [-0.4, -0.2) is 27.2 Å². The number of carbonyl (C=O) groups is 1. The van der Waals surface area contributed by atoms with E-state index < -0.39 is 5.97 Å². The highest BCUT2D eigenvalue weighted by molar-refractivity contribution is 5.77. The number of rotatable bonds is 2. The van der Waals surface area contributed by atoms with E-state index >= 15 is 0 Å². The fourth-order valence-electron chi connectivity index (χ4n) is 3.42. The molecule has 2 aliphatic rings. The molecule has 1 fully saturated rings. The second-order valence-electron chi connectivity index (χ2n) is 5.76. The summed E-state index contributed by atoms with van der Waals surface area (Å²) in [5.74, 6) is 0.207. The fraction of sp³-hybridized carbons (Fsp3) is 0.467. The summed E-state index contributed by atoms with van der Waals surface area (Å²) in [5.41, 5.74) is 3.42. The molecule has 0 spiro atoms. The van der Waals surface area contributed by atoms with E-state index in [-0.39, 0.29) is 12.0 Å². The molecule has 2 atom stereocenters. The normalized spacial score (nSPS) is 25.2. The molecule has 2 aliphatic heterocycles. The van der Waals surface area contributed by atoms with Crippen LogP contribution in [0.15, 0.2) is 18.2 Å². The van der Waals surface area contributed by atoms with Gasteiger partial charge in [-0.25, -0.2) is 4.98 Å². The van der Waals surface area contributed by atoms with Gasteiger partial charge in [0.05, 0.1) is 17.0 Å². The predicted molar refractivity (Wildman–Crippen MR) is 74.5 cm³/mol. The molecule has 0 radical (unpaired) electrons. The van der Waals surface area contributed by atoms with Crippen LogP contribution in [0.5, 0.6) is 0 Å². The van der Waals surface area contributed by atoms with Gasteiger partial charge in [-0.3, -0.25) is 4.79 Å². The van der Waals surface area contributed by atoms with Crippen LogP contribution in [0.4, 0.5) is 0 Å². The van der Waals surface area contributed by atoms with Gasteiger partial charge in [-0.15, -0.1) is 0 Å². The number of imidazole rings is 1. The number of hydrogen-bond donors (Lipinski definition) is 2. The maximum absolute atomic E-state index is 11.0. The minimum Gasteiger partial charge on any atom is -0.481 e. The Labute approximate surface area is 116 Å². The van der Waals surface area contributed by atoms with Gasteiger partial charge in [0.1, 0.15) is 5.82 Å². The quantitative estimate of drug-likeness (QED) is 0.872. The Morgan fingerprint density at radius 1 is 1.45 bits per heavy atom. The predicted octanol–water partition coefficient (Wildman–Crippen LogP) is 1.72. The summed E-state index contributed by atoms with van der Waals surface area (Å²) in [4.78, 5) is 15.7. The van der Waals surface area contributed by atoms with Crippen LogP contribution in [0, 0.1) is 5.92 Å².